The van der Waals surface area contributed by atoms with Crippen LogP contribution < -0.4 is 10.1 Å². The minimum Gasteiger partial charge on any atom is -0.490 e. The SMILES string of the molecule is COc1cc(C(=O)NC(=O)O)ccc1[N+](=O)[O-]. The van der Waals surface area contributed by atoms with Crippen LogP contribution in [-0.4, -0.2) is 29.1 Å². The summed E-state index contributed by atoms with van der Waals surface area (Å²) in [4.78, 5) is 31.4. The second-order valence-electron chi connectivity index (χ2n) is 2.90. The number of carbonyl (C=O) groups excluding carboxylic acids is 1. The van der Waals surface area contributed by atoms with Gasteiger partial charge in [-0.2, -0.15) is 0 Å². The van der Waals surface area contributed by atoms with Crippen molar-refractivity contribution in [1.29, 1.82) is 0 Å². The van der Waals surface area contributed by atoms with Crippen molar-refractivity contribution in [3.05, 3.63) is 33.9 Å². The monoisotopic (exact) mass is 240 g/mol. The van der Waals surface area contributed by atoms with Crippen LogP contribution in [0.15, 0.2) is 18.2 Å². The number of carbonyl (C=O) groups is 2. The van der Waals surface area contributed by atoms with Crippen LogP contribution in [0.4, 0.5) is 10.5 Å². The summed E-state index contributed by atoms with van der Waals surface area (Å²) >= 11 is 0. The number of hydrogen-bond acceptors (Lipinski definition) is 5. The molecule has 1 aromatic rings. The van der Waals surface area contributed by atoms with Crippen molar-refractivity contribution in [1.82, 2.24) is 5.32 Å². The number of nitro groups is 1. The zero-order valence-corrected chi connectivity index (χ0v) is 8.67. The molecule has 0 atom stereocenters. The fraction of sp³-hybridized carbons (Fsp3) is 0.111. The molecule has 0 saturated carbocycles. The number of benzene rings is 1. The van der Waals surface area contributed by atoms with Gasteiger partial charge in [0.1, 0.15) is 0 Å². The van der Waals surface area contributed by atoms with Crippen LogP contribution >= 0.6 is 0 Å². The van der Waals surface area contributed by atoms with E-state index in [0.717, 1.165) is 18.2 Å². The predicted octanol–water partition coefficient (Wildman–Crippen LogP) is 1.01. The van der Waals surface area contributed by atoms with E-state index in [4.69, 9.17) is 9.84 Å². The summed E-state index contributed by atoms with van der Waals surface area (Å²) in [6, 6.07) is 3.30. The number of nitrogens with zero attached hydrogens (tertiary/aromatic N) is 1. The molecule has 90 valence electrons. The first-order valence-corrected chi connectivity index (χ1v) is 4.32. The Morgan fingerprint density at radius 2 is 2.12 bits per heavy atom. The molecule has 0 aliphatic carbocycles. The van der Waals surface area contributed by atoms with Crippen LogP contribution in [0.25, 0.3) is 0 Å². The lowest BCUT2D eigenvalue weighted by molar-refractivity contribution is -0.385. The lowest BCUT2D eigenvalue weighted by atomic mass is 10.2. The summed E-state index contributed by atoms with van der Waals surface area (Å²) in [5, 5.41) is 20.5. The zero-order valence-electron chi connectivity index (χ0n) is 8.67. The molecule has 0 fully saturated rings. The Bertz CT molecular complexity index is 484. The molecule has 0 aromatic heterocycles. The van der Waals surface area contributed by atoms with Crippen molar-refractivity contribution in [2.45, 2.75) is 0 Å². The van der Waals surface area contributed by atoms with Crippen LogP contribution in [-0.2, 0) is 0 Å². The quantitative estimate of drug-likeness (QED) is 0.601. The van der Waals surface area contributed by atoms with Crippen molar-refractivity contribution in [3.8, 4) is 5.75 Å². The average Bonchev–Trinajstić information content (AvgIpc) is 2.27. The van der Waals surface area contributed by atoms with E-state index in [0.29, 0.717) is 0 Å². The molecule has 2 amide bonds. The van der Waals surface area contributed by atoms with Crippen LogP contribution in [0.3, 0.4) is 0 Å². The zero-order chi connectivity index (χ0) is 13.0. The second kappa shape index (κ2) is 4.92. The maximum Gasteiger partial charge on any atom is 0.411 e. The maximum absolute atomic E-state index is 11.3. The van der Waals surface area contributed by atoms with E-state index in [1.165, 1.54) is 7.11 Å². The number of nitro benzene ring substituents is 1. The van der Waals surface area contributed by atoms with Gasteiger partial charge >= 0.3 is 11.8 Å². The third kappa shape index (κ3) is 2.91. The third-order valence-electron chi connectivity index (χ3n) is 1.86. The van der Waals surface area contributed by atoms with Crippen molar-refractivity contribution >= 4 is 17.7 Å². The molecule has 0 saturated heterocycles. The highest BCUT2D eigenvalue weighted by atomic mass is 16.6. The first-order valence-electron chi connectivity index (χ1n) is 4.32. The van der Waals surface area contributed by atoms with Gasteiger partial charge in [-0.05, 0) is 6.07 Å². The molecule has 0 spiro atoms. The van der Waals surface area contributed by atoms with Crippen LogP contribution in [0.2, 0.25) is 0 Å². The van der Waals surface area contributed by atoms with Crippen LogP contribution in [0.5, 0.6) is 5.75 Å². The fourth-order valence-electron chi connectivity index (χ4n) is 1.14. The topological polar surface area (TPSA) is 119 Å². The first kappa shape index (κ1) is 12.4. The molecular formula is C9H8N2O6. The van der Waals surface area contributed by atoms with E-state index in [1.807, 2.05) is 0 Å². The molecule has 1 rings (SSSR count). The summed E-state index contributed by atoms with van der Waals surface area (Å²) in [5.41, 5.74) is -0.353. The Labute approximate surface area is 95.0 Å². The van der Waals surface area contributed by atoms with E-state index < -0.39 is 16.9 Å². The van der Waals surface area contributed by atoms with Gasteiger partial charge in [0.05, 0.1) is 12.0 Å². The van der Waals surface area contributed by atoms with E-state index in [-0.39, 0.29) is 17.0 Å². The molecular weight excluding hydrogens is 232 g/mol. The van der Waals surface area contributed by atoms with Gasteiger partial charge in [-0.1, -0.05) is 0 Å². The summed E-state index contributed by atoms with van der Waals surface area (Å²) in [7, 11) is 1.21. The summed E-state index contributed by atoms with van der Waals surface area (Å²) < 4.78 is 4.73. The second-order valence-corrected chi connectivity index (χ2v) is 2.90. The van der Waals surface area contributed by atoms with E-state index in [9.17, 15) is 19.7 Å². The van der Waals surface area contributed by atoms with Gasteiger partial charge in [-0.25, -0.2) is 4.79 Å². The molecule has 0 heterocycles. The normalized spacial score (nSPS) is 9.47. The number of methoxy groups -OCH3 is 1. The summed E-state index contributed by atoms with van der Waals surface area (Å²) in [6.45, 7) is 0. The molecule has 0 aliphatic heterocycles. The van der Waals surface area contributed by atoms with Gasteiger partial charge in [0.25, 0.3) is 5.91 Å². The Hall–Kier alpha value is -2.64. The Morgan fingerprint density at radius 1 is 1.47 bits per heavy atom. The number of amides is 2. The number of carboxylic acid groups (broad SMARTS) is 1. The largest absolute Gasteiger partial charge is 0.490 e. The van der Waals surface area contributed by atoms with Gasteiger partial charge in [0.2, 0.25) is 0 Å². The van der Waals surface area contributed by atoms with Crippen molar-refractivity contribution in [2.24, 2.45) is 0 Å². The van der Waals surface area contributed by atoms with Crippen molar-refractivity contribution in [2.75, 3.05) is 7.11 Å². The number of nitrogens with one attached hydrogen (secondary N) is 1. The fourth-order valence-corrected chi connectivity index (χ4v) is 1.14. The average molecular weight is 240 g/mol. The first-order chi connectivity index (χ1) is 7.95. The maximum atomic E-state index is 11.3. The predicted molar refractivity (Wildman–Crippen MR) is 55.1 cm³/mol. The molecule has 0 radical (unpaired) electrons. The highest BCUT2D eigenvalue weighted by molar-refractivity contribution is 6.02. The molecule has 8 heteroatoms. The smallest absolute Gasteiger partial charge is 0.411 e. The van der Waals surface area contributed by atoms with Gasteiger partial charge in [0.15, 0.2) is 5.75 Å². The molecule has 17 heavy (non-hydrogen) atoms. The van der Waals surface area contributed by atoms with Gasteiger partial charge in [-0.3, -0.25) is 20.2 Å². The molecule has 8 nitrogen and oxygen atoms in total. The Balaban J connectivity index is 3.09. The van der Waals surface area contributed by atoms with Crippen LogP contribution in [0.1, 0.15) is 10.4 Å². The van der Waals surface area contributed by atoms with Crippen molar-refractivity contribution in [3.63, 3.8) is 0 Å². The molecule has 0 bridgehead atoms. The lowest BCUT2D eigenvalue weighted by Gasteiger charge is -2.04. The summed E-state index contributed by atoms with van der Waals surface area (Å²) in [6.07, 6.45) is -1.51. The van der Waals surface area contributed by atoms with Gasteiger partial charge < -0.3 is 9.84 Å². The van der Waals surface area contributed by atoms with Gasteiger partial charge in [-0.15, -0.1) is 0 Å². The lowest BCUT2D eigenvalue weighted by Crippen LogP contribution is -2.28. The van der Waals surface area contributed by atoms with Crippen LogP contribution in [0, 0.1) is 10.1 Å². The highest BCUT2D eigenvalue weighted by Crippen LogP contribution is 2.27. The number of rotatable bonds is 3. The number of imide groups is 1. The standard InChI is InChI=1S/C9H8N2O6/c1-17-7-4-5(8(12)10-9(13)14)2-3-6(7)11(15)16/h2-4H,1H3,(H,10,12)(H,13,14). The van der Waals surface area contributed by atoms with E-state index >= 15 is 0 Å². The number of hydrogen-bond donors (Lipinski definition) is 2. The Kier molecular flexibility index (Phi) is 3.60. The molecule has 0 unspecified atom stereocenters. The van der Waals surface area contributed by atoms with Gasteiger partial charge in [0, 0.05) is 17.7 Å². The highest BCUT2D eigenvalue weighted by Gasteiger charge is 2.18. The van der Waals surface area contributed by atoms with E-state index in [1.54, 1.807) is 5.32 Å². The Morgan fingerprint density at radius 3 is 2.59 bits per heavy atom. The molecule has 1 aromatic carbocycles. The molecule has 0 aliphatic rings. The third-order valence-corrected chi connectivity index (χ3v) is 1.86. The minimum absolute atomic E-state index is 0.0464. The minimum atomic E-state index is -1.51. The number of ether oxygens (including phenoxy) is 1. The molecule has 2 N–H and O–H groups in total. The summed E-state index contributed by atoms with van der Waals surface area (Å²) in [5.74, 6) is -1.00. The van der Waals surface area contributed by atoms with E-state index in [2.05, 4.69) is 0 Å². The van der Waals surface area contributed by atoms with Crippen molar-refractivity contribution < 1.29 is 24.4 Å².